The van der Waals surface area contributed by atoms with Gasteiger partial charge in [-0.15, -0.1) is 0 Å². The molecular weight excluding hydrogens is 283 g/mol. The van der Waals surface area contributed by atoms with Gasteiger partial charge < -0.3 is 10.2 Å². The van der Waals surface area contributed by atoms with Gasteiger partial charge in [0, 0.05) is 34.7 Å². The van der Waals surface area contributed by atoms with Crippen LogP contribution in [0.15, 0.2) is 18.2 Å². The smallest absolute Gasteiger partial charge is 0.227 e. The lowest BCUT2D eigenvalue weighted by molar-refractivity contribution is -0.131. The molecule has 0 saturated carbocycles. The van der Waals surface area contributed by atoms with Gasteiger partial charge >= 0.3 is 0 Å². The van der Waals surface area contributed by atoms with E-state index in [2.05, 4.69) is 5.32 Å². The Bertz CT molecular complexity index is 486. The van der Waals surface area contributed by atoms with Crippen molar-refractivity contribution in [3.05, 3.63) is 33.8 Å². The number of hydrogen-bond donors (Lipinski definition) is 1. The molecule has 2 fully saturated rings. The molecule has 1 N–H and O–H groups in total. The van der Waals surface area contributed by atoms with Crippen LogP contribution in [0.5, 0.6) is 0 Å². The summed E-state index contributed by atoms with van der Waals surface area (Å²) in [6.07, 6.45) is 2.07. The van der Waals surface area contributed by atoms with E-state index < -0.39 is 0 Å². The van der Waals surface area contributed by atoms with Crippen molar-refractivity contribution in [3.63, 3.8) is 0 Å². The largest absolute Gasteiger partial charge is 0.336 e. The Balaban J connectivity index is 1.79. The number of nitrogens with zero attached hydrogens (tertiary/aromatic N) is 1. The molecule has 0 radical (unpaired) electrons. The fraction of sp³-hybridized carbons (Fsp3) is 0.500. The Kier molecular flexibility index (Phi) is 3.70. The Labute approximate surface area is 122 Å². The zero-order valence-corrected chi connectivity index (χ0v) is 12.0. The molecule has 2 aliphatic heterocycles. The number of fused-ring (bicyclic) bond motifs is 1. The van der Waals surface area contributed by atoms with Gasteiger partial charge in [-0.3, -0.25) is 4.79 Å². The average molecular weight is 299 g/mol. The maximum Gasteiger partial charge on any atom is 0.227 e. The maximum absolute atomic E-state index is 12.4. The molecule has 5 heteroatoms. The Morgan fingerprint density at radius 1 is 1.32 bits per heavy atom. The third-order valence-corrected chi connectivity index (χ3v) is 4.75. The molecule has 0 bridgehead atoms. The van der Waals surface area contributed by atoms with Crippen molar-refractivity contribution in [2.45, 2.75) is 25.4 Å². The lowest BCUT2D eigenvalue weighted by Gasteiger charge is -2.23. The number of carbonyl (C=O) groups excluding carboxylic acids is 1. The predicted octanol–water partition coefficient (Wildman–Crippen LogP) is 2.70. The normalized spacial score (nSPS) is 26.6. The van der Waals surface area contributed by atoms with Gasteiger partial charge in [0.1, 0.15) is 0 Å². The fourth-order valence-electron chi connectivity index (χ4n) is 3.02. The monoisotopic (exact) mass is 298 g/mol. The average Bonchev–Trinajstić information content (AvgIpc) is 2.72. The van der Waals surface area contributed by atoms with Gasteiger partial charge in [0.25, 0.3) is 0 Å². The second-order valence-electron chi connectivity index (χ2n) is 5.23. The molecule has 3 rings (SSSR count). The van der Waals surface area contributed by atoms with Crippen molar-refractivity contribution in [2.75, 3.05) is 13.1 Å². The molecule has 102 valence electrons. The molecule has 2 heterocycles. The molecule has 2 aliphatic rings. The maximum atomic E-state index is 12.4. The molecule has 2 atom stereocenters. The molecule has 1 aromatic carbocycles. The van der Waals surface area contributed by atoms with E-state index in [1.807, 2.05) is 23.1 Å². The first-order valence-corrected chi connectivity index (χ1v) is 7.37. The first-order valence-electron chi connectivity index (χ1n) is 6.62. The van der Waals surface area contributed by atoms with E-state index in [0.717, 1.165) is 31.5 Å². The van der Waals surface area contributed by atoms with Crippen molar-refractivity contribution in [1.82, 2.24) is 10.2 Å². The summed E-state index contributed by atoms with van der Waals surface area (Å²) in [6, 6.07) is 5.74. The van der Waals surface area contributed by atoms with Crippen LogP contribution < -0.4 is 5.32 Å². The van der Waals surface area contributed by atoms with Crippen LogP contribution in [0, 0.1) is 5.92 Å². The fourth-order valence-corrected chi connectivity index (χ4v) is 3.54. The highest BCUT2D eigenvalue weighted by Gasteiger charge is 2.41. The first kappa shape index (κ1) is 13.2. The molecule has 2 unspecified atom stereocenters. The Hall–Kier alpha value is -0.770. The zero-order chi connectivity index (χ0) is 13.4. The highest BCUT2D eigenvalue weighted by molar-refractivity contribution is 6.36. The molecule has 1 aromatic rings. The quantitative estimate of drug-likeness (QED) is 0.910. The van der Waals surface area contributed by atoms with Crippen molar-refractivity contribution in [1.29, 1.82) is 0 Å². The molecule has 19 heavy (non-hydrogen) atoms. The van der Waals surface area contributed by atoms with E-state index in [-0.39, 0.29) is 11.8 Å². The second kappa shape index (κ2) is 5.31. The van der Waals surface area contributed by atoms with E-state index in [9.17, 15) is 4.79 Å². The van der Waals surface area contributed by atoms with Crippen molar-refractivity contribution < 1.29 is 4.79 Å². The van der Waals surface area contributed by atoms with E-state index in [4.69, 9.17) is 23.2 Å². The molecule has 3 nitrogen and oxygen atoms in total. The van der Waals surface area contributed by atoms with Gasteiger partial charge in [0.15, 0.2) is 0 Å². The lowest BCUT2D eigenvalue weighted by atomic mass is 9.94. The van der Waals surface area contributed by atoms with Gasteiger partial charge in [-0.05, 0) is 31.5 Å². The third-order valence-electron chi connectivity index (χ3n) is 4.04. The van der Waals surface area contributed by atoms with E-state index in [0.29, 0.717) is 22.6 Å². The second-order valence-corrected chi connectivity index (χ2v) is 6.04. The summed E-state index contributed by atoms with van der Waals surface area (Å²) < 4.78 is 0. The Morgan fingerprint density at radius 3 is 2.74 bits per heavy atom. The minimum Gasteiger partial charge on any atom is -0.336 e. The molecule has 2 saturated heterocycles. The van der Waals surface area contributed by atoms with Crippen molar-refractivity contribution in [3.8, 4) is 0 Å². The highest BCUT2D eigenvalue weighted by Crippen LogP contribution is 2.31. The van der Waals surface area contributed by atoms with E-state index >= 15 is 0 Å². The van der Waals surface area contributed by atoms with Crippen LogP contribution in [0.25, 0.3) is 0 Å². The van der Waals surface area contributed by atoms with E-state index in [1.165, 1.54) is 0 Å². The van der Waals surface area contributed by atoms with Crippen LogP contribution in [-0.4, -0.2) is 29.9 Å². The number of halogens is 2. The van der Waals surface area contributed by atoms with Gasteiger partial charge in [-0.1, -0.05) is 29.3 Å². The number of likely N-dealkylation sites (tertiary alicyclic amines) is 1. The molecule has 0 aliphatic carbocycles. The van der Waals surface area contributed by atoms with Crippen LogP contribution >= 0.6 is 23.2 Å². The zero-order valence-electron chi connectivity index (χ0n) is 10.5. The summed E-state index contributed by atoms with van der Waals surface area (Å²) in [4.78, 5) is 14.2. The molecule has 0 aromatic heterocycles. The number of carbonyl (C=O) groups is 1. The summed E-state index contributed by atoms with van der Waals surface area (Å²) in [7, 11) is 0. The minimum atomic E-state index is 0.134. The number of amides is 1. The number of nitrogens with one attached hydrogen (secondary N) is 1. The summed E-state index contributed by atoms with van der Waals surface area (Å²) in [5.41, 5.74) is 0.845. The minimum absolute atomic E-state index is 0.134. The number of piperidine rings is 1. The van der Waals surface area contributed by atoms with Crippen LogP contribution in [0.4, 0.5) is 0 Å². The van der Waals surface area contributed by atoms with Gasteiger partial charge in [0.2, 0.25) is 5.91 Å². The topological polar surface area (TPSA) is 32.3 Å². The van der Waals surface area contributed by atoms with Crippen LogP contribution in [0.3, 0.4) is 0 Å². The summed E-state index contributed by atoms with van der Waals surface area (Å²) in [5.74, 6) is 0.364. The standard InChI is InChI=1S/C14H16Cl2N2O/c15-11-4-1-5-12(16)10(11)7-18-8-13-9(14(18)19)3-2-6-17-13/h1,4-5,9,13,17H,2-3,6-8H2. The summed E-state index contributed by atoms with van der Waals surface area (Å²) in [6.45, 7) is 2.27. The highest BCUT2D eigenvalue weighted by atomic mass is 35.5. The third kappa shape index (κ3) is 2.47. The lowest BCUT2D eigenvalue weighted by Crippen LogP contribution is -2.41. The van der Waals surface area contributed by atoms with Gasteiger partial charge in [-0.2, -0.15) is 0 Å². The number of rotatable bonds is 2. The van der Waals surface area contributed by atoms with Crippen LogP contribution in [0.2, 0.25) is 10.0 Å². The van der Waals surface area contributed by atoms with E-state index in [1.54, 1.807) is 0 Å². The number of hydrogen-bond acceptors (Lipinski definition) is 2. The number of benzene rings is 1. The SMILES string of the molecule is O=C1C2CCCNC2CN1Cc1c(Cl)cccc1Cl. The van der Waals surface area contributed by atoms with Crippen LogP contribution in [0.1, 0.15) is 18.4 Å². The molecule has 0 spiro atoms. The molecule has 1 amide bonds. The summed E-state index contributed by atoms with van der Waals surface area (Å²) >= 11 is 12.3. The Morgan fingerprint density at radius 2 is 2.05 bits per heavy atom. The van der Waals surface area contributed by atoms with Crippen molar-refractivity contribution in [2.24, 2.45) is 5.92 Å². The van der Waals surface area contributed by atoms with Crippen LogP contribution in [-0.2, 0) is 11.3 Å². The molecular formula is C14H16Cl2N2O. The van der Waals surface area contributed by atoms with Gasteiger partial charge in [0.05, 0.1) is 5.92 Å². The first-order chi connectivity index (χ1) is 9.16. The van der Waals surface area contributed by atoms with Gasteiger partial charge in [-0.25, -0.2) is 0 Å². The predicted molar refractivity (Wildman–Crippen MR) is 76.4 cm³/mol. The van der Waals surface area contributed by atoms with Crippen molar-refractivity contribution >= 4 is 29.1 Å². The summed E-state index contributed by atoms with van der Waals surface area (Å²) in [5, 5.41) is 4.68.